The molecule has 0 aromatic heterocycles. The van der Waals surface area contributed by atoms with Crippen molar-refractivity contribution >= 4 is 0 Å². The van der Waals surface area contributed by atoms with Gasteiger partial charge in [-0.15, -0.1) is 0 Å². The van der Waals surface area contributed by atoms with Crippen LogP contribution in [0.4, 0.5) is 0 Å². The molecule has 0 N–H and O–H groups in total. The van der Waals surface area contributed by atoms with E-state index in [1.54, 1.807) is 4.90 Å². The van der Waals surface area contributed by atoms with Crippen LogP contribution in [0.5, 0.6) is 5.75 Å². The summed E-state index contributed by atoms with van der Waals surface area (Å²) in [6.45, 7) is -1.42. The maximum atomic E-state index is 7.95. The summed E-state index contributed by atoms with van der Waals surface area (Å²) in [4.78, 5) is 1.76. The number of nitrogens with zero attached hydrogens (tertiary/aromatic N) is 1. The van der Waals surface area contributed by atoms with Crippen molar-refractivity contribution in [1.82, 2.24) is 4.90 Å². The van der Waals surface area contributed by atoms with E-state index in [0.717, 1.165) is 25.7 Å². The molecule has 2 nitrogen and oxygen atoms in total. The van der Waals surface area contributed by atoms with E-state index in [2.05, 4.69) is 0 Å². The summed E-state index contributed by atoms with van der Waals surface area (Å²) in [6, 6.07) is 5.96. The SMILES string of the molecule is [2H]C([2H])Oc1ccc2c(c1)[C@]13CCCC[C@@H]1[C@H](C2)N(C([2H])([2H])[2H])CC3. The third-order valence-electron chi connectivity index (χ3n) is 5.94. The topological polar surface area (TPSA) is 12.5 Å². The summed E-state index contributed by atoms with van der Waals surface area (Å²) in [5.74, 6) is 0.963. The van der Waals surface area contributed by atoms with Crippen molar-refractivity contribution in [2.45, 2.75) is 50.0 Å². The number of hydrogen-bond donors (Lipinski definition) is 0. The van der Waals surface area contributed by atoms with Gasteiger partial charge in [0.2, 0.25) is 0 Å². The molecule has 1 saturated heterocycles. The largest absolute Gasteiger partial charge is 0.497 e. The Morgan fingerprint density at radius 2 is 2.35 bits per heavy atom. The highest BCUT2D eigenvalue weighted by Crippen LogP contribution is 2.55. The Labute approximate surface area is 129 Å². The van der Waals surface area contributed by atoms with Crippen LogP contribution in [0.3, 0.4) is 0 Å². The molecule has 1 aliphatic heterocycles. The lowest BCUT2D eigenvalue weighted by Gasteiger charge is -2.58. The highest BCUT2D eigenvalue weighted by Gasteiger charge is 2.53. The van der Waals surface area contributed by atoms with Gasteiger partial charge in [0.1, 0.15) is 5.75 Å². The van der Waals surface area contributed by atoms with Crippen LogP contribution in [0, 0.1) is 5.92 Å². The van der Waals surface area contributed by atoms with Crippen molar-refractivity contribution < 1.29 is 11.6 Å². The highest BCUT2D eigenvalue weighted by atomic mass is 16.5. The maximum absolute atomic E-state index is 7.95. The fourth-order valence-electron chi connectivity index (χ4n) is 5.06. The second-order valence-corrected chi connectivity index (χ2v) is 6.66. The van der Waals surface area contributed by atoms with Gasteiger partial charge in [-0.3, -0.25) is 0 Å². The van der Waals surface area contributed by atoms with Crippen molar-refractivity contribution in [1.29, 1.82) is 0 Å². The van der Waals surface area contributed by atoms with E-state index in [9.17, 15) is 0 Å². The predicted octanol–water partition coefficient (Wildman–Crippen LogP) is 3.38. The zero-order chi connectivity index (χ0) is 17.8. The van der Waals surface area contributed by atoms with Crippen LogP contribution in [0.2, 0.25) is 0 Å². The lowest BCUT2D eigenvalue weighted by atomic mass is 9.52. The van der Waals surface area contributed by atoms with Gasteiger partial charge in [-0.2, -0.15) is 0 Å². The molecule has 108 valence electrons. The first-order valence-electron chi connectivity index (χ1n) is 10.4. The fourth-order valence-corrected chi connectivity index (χ4v) is 5.06. The first kappa shape index (κ1) is 8.43. The zero-order valence-electron chi connectivity index (χ0n) is 16.8. The summed E-state index contributed by atoms with van der Waals surface area (Å²) in [5, 5.41) is 0. The standard InChI is InChI=1S/C18H25NO/c1-19-10-9-18-8-4-3-5-15(18)17(19)11-13-6-7-14(20-2)12-16(13)18/h6-7,12,15,17H,3-5,8-11H2,1-2H3/t15-,17+,18+/m1/s1/i1D3,2D2. The smallest absolute Gasteiger partial charge is 0.119 e. The molecule has 0 radical (unpaired) electrons. The quantitative estimate of drug-likeness (QED) is 0.779. The second-order valence-electron chi connectivity index (χ2n) is 6.66. The van der Waals surface area contributed by atoms with Gasteiger partial charge in [0.05, 0.1) is 9.80 Å². The molecule has 0 spiro atoms. The number of likely N-dealkylation sites (tertiary alicyclic amines) is 1. The van der Waals surface area contributed by atoms with Gasteiger partial charge in [-0.05, 0) is 68.4 Å². The minimum atomic E-state index is -2.03. The molecule has 0 amide bonds. The Balaban J connectivity index is 1.79. The summed E-state index contributed by atoms with van der Waals surface area (Å²) in [6.07, 6.45) is 6.18. The second kappa shape index (κ2) is 4.49. The Kier molecular flexibility index (Phi) is 1.89. The molecule has 2 aliphatic carbocycles. The summed E-state index contributed by atoms with van der Waals surface area (Å²) in [7, 11) is -1.33. The number of rotatable bonds is 1. The minimum absolute atomic E-state index is 0.0389. The van der Waals surface area contributed by atoms with Gasteiger partial charge < -0.3 is 9.64 Å². The van der Waals surface area contributed by atoms with Crippen LogP contribution < -0.4 is 4.74 Å². The average molecular weight is 276 g/mol. The van der Waals surface area contributed by atoms with E-state index in [4.69, 9.17) is 11.6 Å². The first-order chi connectivity index (χ1) is 11.8. The van der Waals surface area contributed by atoms with Crippen LogP contribution in [0.25, 0.3) is 0 Å². The summed E-state index contributed by atoms with van der Waals surface area (Å²) >= 11 is 0. The summed E-state index contributed by atoms with van der Waals surface area (Å²) < 4.78 is 43.8. The number of fused-ring (bicyclic) bond motifs is 1. The van der Waals surface area contributed by atoms with E-state index in [1.165, 1.54) is 24.0 Å². The molecule has 4 rings (SSSR count). The van der Waals surface area contributed by atoms with Crippen LogP contribution in [-0.4, -0.2) is 31.5 Å². The van der Waals surface area contributed by atoms with E-state index in [1.807, 2.05) is 18.2 Å². The molecule has 1 aromatic rings. The fraction of sp³-hybridized carbons (Fsp3) is 0.667. The van der Waals surface area contributed by atoms with Crippen molar-refractivity contribution in [3.63, 3.8) is 0 Å². The molecule has 1 saturated carbocycles. The van der Waals surface area contributed by atoms with Crippen LogP contribution in [0.1, 0.15) is 50.1 Å². The first-order valence-corrected chi connectivity index (χ1v) is 7.73. The monoisotopic (exact) mass is 276 g/mol. The van der Waals surface area contributed by atoms with Crippen LogP contribution in [-0.2, 0) is 11.8 Å². The van der Waals surface area contributed by atoms with Gasteiger partial charge in [0, 0.05) is 15.6 Å². The Hall–Kier alpha value is -1.02. The van der Waals surface area contributed by atoms with Crippen molar-refractivity contribution in [2.75, 3.05) is 20.6 Å². The van der Waals surface area contributed by atoms with E-state index >= 15 is 0 Å². The lowest BCUT2D eigenvalue weighted by molar-refractivity contribution is 0.00274. The van der Waals surface area contributed by atoms with Gasteiger partial charge >= 0.3 is 0 Å². The Morgan fingerprint density at radius 3 is 3.25 bits per heavy atom. The third kappa shape index (κ3) is 1.60. The Morgan fingerprint density at radius 1 is 1.35 bits per heavy atom. The minimum Gasteiger partial charge on any atom is -0.497 e. The van der Waals surface area contributed by atoms with Gasteiger partial charge in [0.25, 0.3) is 0 Å². The zero-order valence-corrected chi connectivity index (χ0v) is 11.8. The number of likely N-dealkylation sites (N-methyl/N-ethyl adjacent to an activating group) is 1. The van der Waals surface area contributed by atoms with E-state index in [-0.39, 0.29) is 11.5 Å². The molecule has 3 atom stereocenters. The van der Waals surface area contributed by atoms with Gasteiger partial charge in [-0.1, -0.05) is 18.9 Å². The lowest BCUT2D eigenvalue weighted by Crippen LogP contribution is -2.59. The highest BCUT2D eigenvalue weighted by molar-refractivity contribution is 5.45. The molecule has 20 heavy (non-hydrogen) atoms. The number of piperidine rings is 1. The van der Waals surface area contributed by atoms with Crippen molar-refractivity contribution in [3.05, 3.63) is 29.3 Å². The molecule has 3 aliphatic rings. The molecule has 0 unspecified atom stereocenters. The molecule has 2 heteroatoms. The molecule has 1 heterocycles. The van der Waals surface area contributed by atoms with Crippen LogP contribution in [0.15, 0.2) is 18.2 Å². The maximum Gasteiger partial charge on any atom is 0.119 e. The van der Waals surface area contributed by atoms with Crippen LogP contribution >= 0.6 is 0 Å². The molecular weight excluding hydrogens is 246 g/mol. The number of hydrogen-bond acceptors (Lipinski definition) is 2. The third-order valence-corrected chi connectivity index (χ3v) is 5.94. The number of benzene rings is 1. The predicted molar refractivity (Wildman–Crippen MR) is 81.4 cm³/mol. The molecule has 1 aromatic carbocycles. The average Bonchev–Trinajstić information content (AvgIpc) is 2.54. The van der Waals surface area contributed by atoms with Crippen molar-refractivity contribution in [2.24, 2.45) is 5.92 Å². The Bertz CT molecular complexity index is 661. The summed E-state index contributed by atoms with van der Waals surface area (Å²) in [5.41, 5.74) is 2.55. The molecule has 2 bridgehead atoms. The normalized spacial score (nSPS) is 40.5. The van der Waals surface area contributed by atoms with Gasteiger partial charge in [0.15, 0.2) is 0 Å². The van der Waals surface area contributed by atoms with Crippen molar-refractivity contribution in [3.8, 4) is 5.75 Å². The van der Waals surface area contributed by atoms with E-state index < -0.39 is 14.0 Å². The molecule has 2 fully saturated rings. The van der Waals surface area contributed by atoms with E-state index in [0.29, 0.717) is 18.2 Å². The number of methoxy groups -OCH3 is 1. The number of ether oxygens (including phenoxy) is 1. The molecular formula is C18H25NO. The van der Waals surface area contributed by atoms with Gasteiger partial charge in [-0.25, -0.2) is 0 Å².